The second-order valence-electron chi connectivity index (χ2n) is 3.90. The maximum absolute atomic E-state index is 11.7. The number of nitrogens with one attached hydrogen (secondary N) is 1. The molecule has 0 saturated heterocycles. The Morgan fingerprint density at radius 3 is 3.05 bits per heavy atom. The van der Waals surface area contributed by atoms with Gasteiger partial charge in [-0.15, -0.1) is 4.91 Å². The molecule has 1 N–H and O–H groups in total. The molecular formula is C12H13N3O3S2. The zero-order valence-corrected chi connectivity index (χ0v) is 12.4. The average Bonchev–Trinajstić information content (AvgIpc) is 2.88. The summed E-state index contributed by atoms with van der Waals surface area (Å²) in [7, 11) is 1.33. The molecule has 0 aliphatic carbocycles. The minimum absolute atomic E-state index is 0.379. The molecule has 0 bridgehead atoms. The third-order valence-corrected chi connectivity index (χ3v) is 4.12. The van der Waals surface area contributed by atoms with Gasteiger partial charge in [-0.05, 0) is 18.6 Å². The fourth-order valence-corrected chi connectivity index (χ4v) is 3.02. The first-order valence-corrected chi connectivity index (χ1v) is 7.65. The van der Waals surface area contributed by atoms with Gasteiger partial charge in [0.1, 0.15) is 6.04 Å². The monoisotopic (exact) mass is 311 g/mol. The zero-order chi connectivity index (χ0) is 14.4. The van der Waals surface area contributed by atoms with Gasteiger partial charge in [-0.1, -0.05) is 23.5 Å². The van der Waals surface area contributed by atoms with Crippen LogP contribution in [0.25, 0.3) is 10.2 Å². The summed E-state index contributed by atoms with van der Waals surface area (Å²) in [5.74, 6) is 0.0667. The summed E-state index contributed by atoms with van der Waals surface area (Å²) in [6.45, 7) is 0. The van der Waals surface area contributed by atoms with Crippen molar-refractivity contribution in [2.75, 3.05) is 18.2 Å². The molecule has 1 heterocycles. The van der Waals surface area contributed by atoms with Crippen LogP contribution in [0.3, 0.4) is 0 Å². The maximum atomic E-state index is 11.7. The van der Waals surface area contributed by atoms with Crippen LogP contribution >= 0.6 is 23.3 Å². The molecule has 1 aromatic carbocycles. The van der Waals surface area contributed by atoms with Gasteiger partial charge in [0.15, 0.2) is 5.13 Å². The van der Waals surface area contributed by atoms with Gasteiger partial charge in [0.2, 0.25) is 0 Å². The fourth-order valence-electron chi connectivity index (χ4n) is 1.68. The number of carbonyl (C=O) groups is 1. The van der Waals surface area contributed by atoms with Crippen LogP contribution in [0.1, 0.15) is 6.42 Å². The minimum atomic E-state index is -0.533. The van der Waals surface area contributed by atoms with Gasteiger partial charge in [-0.3, -0.25) is 0 Å². The number of rotatable bonds is 7. The quantitative estimate of drug-likeness (QED) is 0.366. The Hall–Kier alpha value is -1.67. The van der Waals surface area contributed by atoms with E-state index >= 15 is 0 Å². The number of anilines is 1. The number of nitrogens with zero attached hydrogens (tertiary/aromatic N) is 2. The first-order chi connectivity index (χ1) is 9.74. The lowest BCUT2D eigenvalue weighted by molar-refractivity contribution is -0.141. The van der Waals surface area contributed by atoms with Crippen molar-refractivity contribution in [3.8, 4) is 0 Å². The maximum Gasteiger partial charge on any atom is 0.328 e. The Morgan fingerprint density at radius 1 is 1.55 bits per heavy atom. The van der Waals surface area contributed by atoms with Crippen LogP contribution in [-0.2, 0) is 9.53 Å². The molecule has 2 rings (SSSR count). The van der Waals surface area contributed by atoms with E-state index in [2.05, 4.69) is 14.9 Å². The van der Waals surface area contributed by atoms with Crippen molar-refractivity contribution in [2.24, 2.45) is 4.58 Å². The van der Waals surface area contributed by atoms with Crippen molar-refractivity contribution in [3.05, 3.63) is 29.2 Å². The van der Waals surface area contributed by atoms with Gasteiger partial charge in [-0.25, -0.2) is 9.78 Å². The number of ether oxygens (including phenoxy) is 1. The molecule has 0 saturated carbocycles. The molecule has 1 atom stereocenters. The number of nitroso groups, excluding NO2 is 1. The van der Waals surface area contributed by atoms with E-state index in [1.54, 1.807) is 0 Å². The van der Waals surface area contributed by atoms with Gasteiger partial charge in [0, 0.05) is 22.3 Å². The number of carbonyl (C=O) groups excluding carboxylic acids is 1. The molecule has 0 aliphatic heterocycles. The highest BCUT2D eigenvalue weighted by molar-refractivity contribution is 7.97. The van der Waals surface area contributed by atoms with E-state index < -0.39 is 6.04 Å². The predicted molar refractivity (Wildman–Crippen MR) is 81.9 cm³/mol. The number of hydrogen-bond acceptors (Lipinski definition) is 8. The minimum Gasteiger partial charge on any atom is -0.467 e. The van der Waals surface area contributed by atoms with Crippen LogP contribution in [-0.4, -0.2) is 29.9 Å². The summed E-state index contributed by atoms with van der Waals surface area (Å²) in [5.41, 5.74) is 0.882. The molecule has 0 fully saturated rings. The summed E-state index contributed by atoms with van der Waals surface area (Å²) in [6, 6.07) is 7.20. The SMILES string of the molecule is COC(=O)[C@H](CCSN=O)Nc1nc2ccccc2s1. The van der Waals surface area contributed by atoms with Crippen molar-refractivity contribution in [1.29, 1.82) is 0 Å². The second-order valence-corrected chi connectivity index (χ2v) is 5.75. The van der Waals surface area contributed by atoms with E-state index in [9.17, 15) is 9.70 Å². The Morgan fingerprint density at radius 2 is 2.35 bits per heavy atom. The summed E-state index contributed by atoms with van der Waals surface area (Å²) < 4.78 is 8.50. The number of para-hydroxylation sites is 1. The highest BCUT2D eigenvalue weighted by Gasteiger charge is 2.20. The van der Waals surface area contributed by atoms with Crippen molar-refractivity contribution in [2.45, 2.75) is 12.5 Å². The predicted octanol–water partition coefficient (Wildman–Crippen LogP) is 3.05. The van der Waals surface area contributed by atoms with Crippen molar-refractivity contribution >= 4 is 44.6 Å². The van der Waals surface area contributed by atoms with E-state index in [-0.39, 0.29) is 5.97 Å². The van der Waals surface area contributed by atoms with Crippen molar-refractivity contribution in [3.63, 3.8) is 0 Å². The van der Waals surface area contributed by atoms with E-state index in [1.807, 2.05) is 24.3 Å². The van der Waals surface area contributed by atoms with Crippen LogP contribution in [0.2, 0.25) is 0 Å². The van der Waals surface area contributed by atoms with E-state index in [1.165, 1.54) is 18.4 Å². The number of hydrogen-bond donors (Lipinski definition) is 1. The van der Waals surface area contributed by atoms with Crippen molar-refractivity contribution in [1.82, 2.24) is 4.98 Å². The molecule has 1 aromatic heterocycles. The molecule has 0 radical (unpaired) electrons. The summed E-state index contributed by atoms with van der Waals surface area (Å²) in [4.78, 5) is 26.2. The lowest BCUT2D eigenvalue weighted by Crippen LogP contribution is -2.31. The molecule has 2 aromatic rings. The summed E-state index contributed by atoms with van der Waals surface area (Å²) >= 11 is 2.36. The van der Waals surface area contributed by atoms with Crippen LogP contribution in [0.5, 0.6) is 0 Å². The zero-order valence-electron chi connectivity index (χ0n) is 10.7. The summed E-state index contributed by atoms with van der Waals surface area (Å²) in [5, 5.41) is 3.71. The van der Waals surface area contributed by atoms with Gasteiger partial charge < -0.3 is 10.1 Å². The number of fused-ring (bicyclic) bond motifs is 1. The third-order valence-electron chi connectivity index (χ3n) is 2.63. The van der Waals surface area contributed by atoms with Gasteiger partial charge >= 0.3 is 5.97 Å². The molecule has 6 nitrogen and oxygen atoms in total. The molecule has 106 valence electrons. The summed E-state index contributed by atoms with van der Waals surface area (Å²) in [6.07, 6.45) is 0.443. The molecular weight excluding hydrogens is 298 g/mol. The Labute approximate surface area is 124 Å². The van der Waals surface area contributed by atoms with Gasteiger partial charge in [0.25, 0.3) is 0 Å². The molecule has 0 amide bonds. The largest absolute Gasteiger partial charge is 0.467 e. The molecule has 8 heteroatoms. The fraction of sp³-hybridized carbons (Fsp3) is 0.333. The van der Waals surface area contributed by atoms with Gasteiger partial charge in [0.05, 0.1) is 17.3 Å². The lowest BCUT2D eigenvalue weighted by Gasteiger charge is -2.14. The Balaban J connectivity index is 2.09. The average molecular weight is 311 g/mol. The first kappa shape index (κ1) is 14.7. The standard InChI is InChI=1S/C12H13N3O3S2/c1-18-11(16)9(6-7-19-15-17)14-12-13-8-4-2-3-5-10(8)20-12/h2-5,9H,6-7H2,1H3,(H,13,14)/t9-/m0/s1. The van der Waals surface area contributed by atoms with E-state index in [4.69, 9.17) is 4.74 Å². The molecule has 0 aliphatic rings. The second kappa shape index (κ2) is 7.20. The Kier molecular flexibility index (Phi) is 5.31. The Bertz CT molecular complexity index is 569. The number of methoxy groups -OCH3 is 1. The highest BCUT2D eigenvalue weighted by Crippen LogP contribution is 2.26. The van der Waals surface area contributed by atoms with Crippen LogP contribution in [0, 0.1) is 4.91 Å². The smallest absolute Gasteiger partial charge is 0.328 e. The number of aromatic nitrogens is 1. The van der Waals surface area contributed by atoms with Crippen LogP contribution in [0.15, 0.2) is 28.8 Å². The lowest BCUT2D eigenvalue weighted by atomic mass is 10.2. The normalized spacial score (nSPS) is 12.1. The highest BCUT2D eigenvalue weighted by atomic mass is 32.2. The number of benzene rings is 1. The first-order valence-electron chi connectivity index (χ1n) is 5.89. The van der Waals surface area contributed by atoms with E-state index in [0.717, 1.165) is 22.2 Å². The van der Waals surface area contributed by atoms with E-state index in [0.29, 0.717) is 17.3 Å². The van der Waals surface area contributed by atoms with Crippen LogP contribution < -0.4 is 5.32 Å². The van der Waals surface area contributed by atoms with Gasteiger partial charge in [-0.2, -0.15) is 0 Å². The topological polar surface area (TPSA) is 80.6 Å². The number of thiazole rings is 1. The molecule has 0 spiro atoms. The third kappa shape index (κ3) is 3.67. The van der Waals surface area contributed by atoms with Crippen molar-refractivity contribution < 1.29 is 9.53 Å². The van der Waals surface area contributed by atoms with Crippen LogP contribution in [0.4, 0.5) is 5.13 Å². The molecule has 20 heavy (non-hydrogen) atoms. The number of esters is 1. The molecule has 0 unspecified atom stereocenters.